The van der Waals surface area contributed by atoms with Gasteiger partial charge in [-0.1, -0.05) is 66.2 Å². The fourth-order valence-corrected chi connectivity index (χ4v) is 4.68. The lowest BCUT2D eigenvalue weighted by molar-refractivity contribution is 0.897. The number of allylic oxidation sites excluding steroid dienone is 4. The lowest BCUT2D eigenvalue weighted by atomic mass is 10.1. The third-order valence-corrected chi connectivity index (χ3v) is 6.50. The minimum atomic E-state index is 0.418. The summed E-state index contributed by atoms with van der Waals surface area (Å²) < 4.78 is 0. The van der Waals surface area contributed by atoms with Gasteiger partial charge in [-0.2, -0.15) is 0 Å². The number of hydrogen-bond acceptors (Lipinski definition) is 3. The average Bonchev–Trinajstić information content (AvgIpc) is 2.88. The van der Waals surface area contributed by atoms with Gasteiger partial charge in [0.2, 0.25) is 0 Å². The molecule has 1 unspecified atom stereocenters. The number of likely N-dealkylation sites (N-methyl/N-ethyl adjacent to an activating group) is 1. The summed E-state index contributed by atoms with van der Waals surface area (Å²) in [5.41, 5.74) is 4.70. The Bertz CT molecular complexity index is 974. The minimum Gasteiger partial charge on any atom is -0.372 e. The summed E-state index contributed by atoms with van der Waals surface area (Å²) in [6.45, 7) is 1.74. The topological polar surface area (TPSA) is 15.6 Å². The molecule has 0 radical (unpaired) electrons. The summed E-state index contributed by atoms with van der Waals surface area (Å²) >= 11 is 7.93. The van der Waals surface area contributed by atoms with E-state index in [1.807, 2.05) is 17.8 Å². The van der Waals surface area contributed by atoms with Crippen LogP contribution in [-0.4, -0.2) is 31.1 Å². The smallest absolute Gasteiger partial charge is 0.0668 e. The first-order valence-electron chi connectivity index (χ1n) is 9.53. The molecular weight excluding hydrogens is 384 g/mol. The highest BCUT2D eigenvalue weighted by molar-refractivity contribution is 8.00. The fourth-order valence-electron chi connectivity index (χ4n) is 3.41. The summed E-state index contributed by atoms with van der Waals surface area (Å²) in [5, 5.41) is 1.25. The van der Waals surface area contributed by atoms with E-state index in [0.717, 1.165) is 30.3 Å². The van der Waals surface area contributed by atoms with Gasteiger partial charge in [0.05, 0.1) is 12.3 Å². The maximum Gasteiger partial charge on any atom is 0.0668 e. The average molecular weight is 407 g/mol. The van der Waals surface area contributed by atoms with Crippen LogP contribution < -0.4 is 4.90 Å². The first-order chi connectivity index (χ1) is 13.7. The monoisotopic (exact) mass is 406 g/mol. The molecule has 1 aliphatic heterocycles. The molecule has 2 nitrogen and oxygen atoms in total. The molecule has 2 aromatic rings. The lowest BCUT2D eigenvalue weighted by Crippen LogP contribution is -2.20. The number of para-hydroxylation sites is 1. The second-order valence-corrected chi connectivity index (χ2v) is 8.63. The Labute approximate surface area is 176 Å². The highest BCUT2D eigenvalue weighted by Crippen LogP contribution is 2.33. The number of anilines is 1. The number of benzene rings is 2. The summed E-state index contributed by atoms with van der Waals surface area (Å²) in [5.74, 6) is 0. The zero-order valence-corrected chi connectivity index (χ0v) is 17.5. The van der Waals surface area contributed by atoms with E-state index in [2.05, 4.69) is 84.8 Å². The molecule has 28 heavy (non-hydrogen) atoms. The molecule has 2 aliphatic rings. The van der Waals surface area contributed by atoms with Gasteiger partial charge in [-0.05, 0) is 36.3 Å². The highest BCUT2D eigenvalue weighted by atomic mass is 35.5. The SMILES string of the molecule is CN1CCN=C(C=Cc2ccccc2SC2C=CC(Cl)=CC2)c2ccccc21. The molecule has 1 aliphatic carbocycles. The van der Waals surface area contributed by atoms with Crippen molar-refractivity contribution in [2.24, 2.45) is 4.99 Å². The van der Waals surface area contributed by atoms with Gasteiger partial charge in [-0.15, -0.1) is 11.8 Å². The van der Waals surface area contributed by atoms with Crippen LogP contribution in [0.3, 0.4) is 0 Å². The van der Waals surface area contributed by atoms with Crippen molar-refractivity contribution in [1.82, 2.24) is 0 Å². The van der Waals surface area contributed by atoms with Crippen LogP contribution in [0.25, 0.3) is 6.08 Å². The Morgan fingerprint density at radius 3 is 2.79 bits per heavy atom. The Balaban J connectivity index is 1.58. The summed E-state index contributed by atoms with van der Waals surface area (Å²) in [4.78, 5) is 8.38. The van der Waals surface area contributed by atoms with Crippen molar-refractivity contribution in [3.63, 3.8) is 0 Å². The van der Waals surface area contributed by atoms with Crippen molar-refractivity contribution < 1.29 is 0 Å². The van der Waals surface area contributed by atoms with Crippen LogP contribution in [0.15, 0.2) is 87.8 Å². The Morgan fingerprint density at radius 2 is 1.93 bits per heavy atom. The van der Waals surface area contributed by atoms with Crippen LogP contribution in [0.4, 0.5) is 5.69 Å². The zero-order valence-electron chi connectivity index (χ0n) is 15.9. The van der Waals surface area contributed by atoms with Crippen LogP contribution in [0.5, 0.6) is 0 Å². The third kappa shape index (κ3) is 4.43. The molecule has 0 bridgehead atoms. The van der Waals surface area contributed by atoms with Gasteiger partial charge in [0.1, 0.15) is 0 Å². The van der Waals surface area contributed by atoms with Crippen LogP contribution in [0, 0.1) is 0 Å². The zero-order chi connectivity index (χ0) is 19.3. The van der Waals surface area contributed by atoms with E-state index in [4.69, 9.17) is 16.6 Å². The molecule has 0 fully saturated rings. The summed E-state index contributed by atoms with van der Waals surface area (Å²) in [6, 6.07) is 17.0. The third-order valence-electron chi connectivity index (χ3n) is 4.94. The second-order valence-electron chi connectivity index (χ2n) is 6.92. The Kier molecular flexibility index (Phi) is 6.04. The van der Waals surface area contributed by atoms with E-state index in [0.29, 0.717) is 5.25 Å². The van der Waals surface area contributed by atoms with Gasteiger partial charge in [-0.3, -0.25) is 4.99 Å². The number of hydrogen-bond donors (Lipinski definition) is 0. The molecule has 0 amide bonds. The highest BCUT2D eigenvalue weighted by Gasteiger charge is 2.14. The van der Waals surface area contributed by atoms with Gasteiger partial charge in [-0.25, -0.2) is 0 Å². The standard InChI is InChI=1S/C24H23ClN2S/c1-27-17-16-26-22(21-7-3-4-8-23(21)27)15-10-18-6-2-5-9-24(18)28-20-13-11-19(25)12-14-20/h2-13,15,20H,14,16-17H2,1H3. The predicted molar refractivity (Wildman–Crippen MR) is 124 cm³/mol. The molecule has 0 aromatic heterocycles. The molecule has 0 spiro atoms. The van der Waals surface area contributed by atoms with Crippen molar-refractivity contribution in [3.8, 4) is 0 Å². The van der Waals surface area contributed by atoms with E-state index in [-0.39, 0.29) is 0 Å². The number of aliphatic imine (C=N–C) groups is 1. The molecule has 4 rings (SSSR count). The maximum atomic E-state index is 6.05. The molecule has 0 N–H and O–H groups in total. The van der Waals surface area contributed by atoms with Gasteiger partial charge >= 0.3 is 0 Å². The van der Waals surface area contributed by atoms with Crippen molar-refractivity contribution in [1.29, 1.82) is 0 Å². The molecule has 0 saturated carbocycles. The van der Waals surface area contributed by atoms with Crippen molar-refractivity contribution in [2.75, 3.05) is 25.0 Å². The van der Waals surface area contributed by atoms with E-state index in [1.54, 1.807) is 0 Å². The van der Waals surface area contributed by atoms with Crippen LogP contribution in [0.1, 0.15) is 17.5 Å². The van der Waals surface area contributed by atoms with E-state index >= 15 is 0 Å². The summed E-state index contributed by atoms with van der Waals surface area (Å²) in [7, 11) is 2.13. The van der Waals surface area contributed by atoms with Crippen LogP contribution >= 0.6 is 23.4 Å². The quantitative estimate of drug-likeness (QED) is 0.602. The number of thioether (sulfide) groups is 1. The second kappa shape index (κ2) is 8.85. The molecule has 2 aromatic carbocycles. The maximum absolute atomic E-state index is 6.05. The van der Waals surface area contributed by atoms with Crippen LogP contribution in [-0.2, 0) is 0 Å². The van der Waals surface area contributed by atoms with E-state index in [1.165, 1.54) is 21.7 Å². The first kappa shape index (κ1) is 19.1. The molecule has 4 heteroatoms. The van der Waals surface area contributed by atoms with Crippen molar-refractivity contribution >= 4 is 40.8 Å². The molecule has 0 saturated heterocycles. The van der Waals surface area contributed by atoms with Crippen molar-refractivity contribution in [3.05, 3.63) is 89.0 Å². The van der Waals surface area contributed by atoms with Crippen LogP contribution in [0.2, 0.25) is 0 Å². The van der Waals surface area contributed by atoms with Gasteiger partial charge in [0.25, 0.3) is 0 Å². The molecule has 142 valence electrons. The molecule has 1 heterocycles. The van der Waals surface area contributed by atoms with E-state index < -0.39 is 0 Å². The predicted octanol–water partition coefficient (Wildman–Crippen LogP) is 6.18. The van der Waals surface area contributed by atoms with Gasteiger partial charge in [0, 0.05) is 40.0 Å². The molecule has 1 atom stereocenters. The Morgan fingerprint density at radius 1 is 1.11 bits per heavy atom. The van der Waals surface area contributed by atoms with Gasteiger partial charge in [0.15, 0.2) is 0 Å². The number of rotatable bonds is 4. The largest absolute Gasteiger partial charge is 0.372 e. The normalized spacial score (nSPS) is 19.2. The number of halogens is 1. The molecular formula is C24H23ClN2S. The Hall–Kier alpha value is -2.23. The number of nitrogens with zero attached hydrogens (tertiary/aromatic N) is 2. The number of benzodiazepines with no additional fused rings is 1. The first-order valence-corrected chi connectivity index (χ1v) is 10.8. The lowest BCUT2D eigenvalue weighted by Gasteiger charge is -2.18. The van der Waals surface area contributed by atoms with E-state index in [9.17, 15) is 0 Å². The summed E-state index contributed by atoms with van der Waals surface area (Å²) in [6.07, 6.45) is 11.6. The number of fused-ring (bicyclic) bond motifs is 1. The van der Waals surface area contributed by atoms with Crippen molar-refractivity contribution in [2.45, 2.75) is 16.6 Å². The van der Waals surface area contributed by atoms with Gasteiger partial charge < -0.3 is 4.90 Å². The fraction of sp³-hybridized carbons (Fsp3) is 0.208. The minimum absolute atomic E-state index is 0.418.